The molecule has 5 aromatic carbocycles. The number of amides is 3. The summed E-state index contributed by atoms with van der Waals surface area (Å²) in [5.74, 6) is -0.0485. The smallest absolute Gasteiger partial charge is 0.272 e. The molecule has 0 atom stereocenters. The second-order valence-electron chi connectivity index (χ2n) is 10.8. The first-order valence-corrected chi connectivity index (χ1v) is 16.1. The fraction of sp³-hybridized carbons (Fsp3) is 0.103. The molecule has 0 spiro atoms. The summed E-state index contributed by atoms with van der Waals surface area (Å²) in [6.07, 6.45) is 1.62. The maximum Gasteiger partial charge on any atom is 0.272 e. The summed E-state index contributed by atoms with van der Waals surface area (Å²) in [6, 6.07) is 38.9. The molecule has 0 saturated heterocycles. The van der Waals surface area contributed by atoms with E-state index in [0.29, 0.717) is 29.2 Å². The van der Waals surface area contributed by atoms with Gasteiger partial charge in [-0.1, -0.05) is 72.8 Å². The zero-order valence-corrected chi connectivity index (χ0v) is 27.0. The molecule has 0 saturated carbocycles. The van der Waals surface area contributed by atoms with Crippen LogP contribution < -0.4 is 20.7 Å². The minimum Gasteiger partial charge on any atom is -0.489 e. The molecule has 8 heteroatoms. The number of carbonyl (C=O) groups excluding carboxylic acids is 3. The topological polar surface area (TPSA) is 96.5 Å². The van der Waals surface area contributed by atoms with Crippen molar-refractivity contribution >= 4 is 46.9 Å². The summed E-state index contributed by atoms with van der Waals surface area (Å²) in [5, 5.41) is 8.60. The summed E-state index contributed by atoms with van der Waals surface area (Å²) in [7, 11) is 0. The van der Waals surface area contributed by atoms with Crippen molar-refractivity contribution in [3.8, 4) is 5.75 Å². The molecule has 0 aliphatic rings. The number of carbonyl (C=O) groups is 3. The Morgan fingerprint density at radius 1 is 0.723 bits per heavy atom. The SMILES string of the molecule is Cc1cccc(NC(=O)CSc2ccc(NC(=O)/C(=C/c3ccc(OCc4ccccc4)cc3)NC(=O)c3ccccc3)cc2)c1C. The van der Waals surface area contributed by atoms with Crippen LogP contribution in [0.4, 0.5) is 11.4 Å². The van der Waals surface area contributed by atoms with Crippen LogP contribution in [0, 0.1) is 13.8 Å². The maximum absolute atomic E-state index is 13.5. The van der Waals surface area contributed by atoms with Gasteiger partial charge in [0.15, 0.2) is 0 Å². The highest BCUT2D eigenvalue weighted by Gasteiger charge is 2.15. The van der Waals surface area contributed by atoms with Gasteiger partial charge in [0.05, 0.1) is 5.75 Å². The predicted octanol–water partition coefficient (Wildman–Crippen LogP) is 8.02. The number of nitrogens with one attached hydrogen (secondary N) is 3. The molecular weight excluding hydrogens is 607 g/mol. The number of ether oxygens (including phenoxy) is 1. The van der Waals surface area contributed by atoms with Crippen molar-refractivity contribution in [2.75, 3.05) is 16.4 Å². The number of aryl methyl sites for hydroxylation is 1. The lowest BCUT2D eigenvalue weighted by atomic mass is 10.1. The monoisotopic (exact) mass is 641 g/mol. The molecule has 7 nitrogen and oxygen atoms in total. The van der Waals surface area contributed by atoms with E-state index in [4.69, 9.17) is 4.74 Å². The zero-order chi connectivity index (χ0) is 33.0. The molecule has 0 unspecified atom stereocenters. The van der Waals surface area contributed by atoms with Gasteiger partial charge in [0.25, 0.3) is 11.8 Å². The molecule has 0 aliphatic heterocycles. The predicted molar refractivity (Wildman–Crippen MR) is 189 cm³/mol. The number of hydrogen-bond acceptors (Lipinski definition) is 5. The van der Waals surface area contributed by atoms with Crippen molar-refractivity contribution < 1.29 is 19.1 Å². The van der Waals surface area contributed by atoms with Gasteiger partial charge in [-0.15, -0.1) is 11.8 Å². The van der Waals surface area contributed by atoms with Crippen LogP contribution in [-0.2, 0) is 16.2 Å². The fourth-order valence-corrected chi connectivity index (χ4v) is 5.26. The zero-order valence-electron chi connectivity index (χ0n) is 26.2. The van der Waals surface area contributed by atoms with Gasteiger partial charge in [-0.25, -0.2) is 0 Å². The first kappa shape index (κ1) is 32.8. The lowest BCUT2D eigenvalue weighted by molar-refractivity contribution is -0.114. The van der Waals surface area contributed by atoms with E-state index in [1.54, 1.807) is 42.5 Å². The molecule has 3 N–H and O–H groups in total. The van der Waals surface area contributed by atoms with Crippen molar-refractivity contribution in [1.82, 2.24) is 5.32 Å². The Balaban J connectivity index is 1.23. The van der Waals surface area contributed by atoms with E-state index in [-0.39, 0.29) is 17.4 Å². The van der Waals surface area contributed by atoms with Crippen LogP contribution in [0.15, 0.2) is 138 Å². The van der Waals surface area contributed by atoms with Crippen molar-refractivity contribution in [3.05, 3.63) is 161 Å². The van der Waals surface area contributed by atoms with Crippen molar-refractivity contribution in [2.45, 2.75) is 25.3 Å². The summed E-state index contributed by atoms with van der Waals surface area (Å²) in [5.41, 5.74) is 5.80. The maximum atomic E-state index is 13.5. The molecule has 0 aromatic heterocycles. The highest BCUT2D eigenvalue weighted by molar-refractivity contribution is 8.00. The van der Waals surface area contributed by atoms with E-state index >= 15 is 0 Å². The molecule has 3 amide bonds. The number of rotatable bonds is 12. The molecule has 0 fully saturated rings. The number of hydrogen-bond donors (Lipinski definition) is 3. The number of thioether (sulfide) groups is 1. The average Bonchev–Trinajstić information content (AvgIpc) is 3.10. The Hall–Kier alpha value is -5.60. The normalized spacial score (nSPS) is 11.0. The largest absolute Gasteiger partial charge is 0.489 e. The van der Waals surface area contributed by atoms with E-state index in [2.05, 4.69) is 16.0 Å². The lowest BCUT2D eigenvalue weighted by Gasteiger charge is -2.12. The van der Waals surface area contributed by atoms with Crippen LogP contribution in [0.5, 0.6) is 5.75 Å². The molecule has 0 aliphatic carbocycles. The number of anilines is 2. The standard InChI is InChI=1S/C39H35N3O4S/c1-27-10-9-15-35(28(27)2)41-37(43)26-47-34-22-18-32(19-23-34)40-39(45)36(42-38(44)31-13-7-4-8-14-31)24-29-16-20-33(21-17-29)46-25-30-11-5-3-6-12-30/h3-24H,25-26H2,1-2H3,(H,40,45)(H,41,43)(H,42,44)/b36-24-. The van der Waals surface area contributed by atoms with Gasteiger partial charge in [0, 0.05) is 21.8 Å². The Kier molecular flexibility index (Phi) is 11.2. The Bertz CT molecular complexity index is 1860. The molecular formula is C39H35N3O4S. The van der Waals surface area contributed by atoms with Crippen LogP contribution in [0.2, 0.25) is 0 Å². The van der Waals surface area contributed by atoms with Crippen molar-refractivity contribution in [3.63, 3.8) is 0 Å². The minimum absolute atomic E-state index is 0.0818. The van der Waals surface area contributed by atoms with Crippen LogP contribution in [0.25, 0.3) is 6.08 Å². The second kappa shape index (κ2) is 16.1. The van der Waals surface area contributed by atoms with E-state index in [0.717, 1.165) is 27.3 Å². The molecule has 5 rings (SSSR count). The molecule has 5 aromatic rings. The van der Waals surface area contributed by atoms with Crippen LogP contribution in [0.3, 0.4) is 0 Å². The van der Waals surface area contributed by atoms with Crippen molar-refractivity contribution in [2.24, 2.45) is 0 Å². The summed E-state index contributed by atoms with van der Waals surface area (Å²) < 4.78 is 5.88. The Morgan fingerprint density at radius 3 is 2.11 bits per heavy atom. The molecule has 236 valence electrons. The fourth-order valence-electron chi connectivity index (χ4n) is 4.56. The van der Waals surface area contributed by atoms with Gasteiger partial charge in [-0.2, -0.15) is 0 Å². The van der Waals surface area contributed by atoms with E-state index in [1.807, 2.05) is 105 Å². The minimum atomic E-state index is -0.480. The highest BCUT2D eigenvalue weighted by Crippen LogP contribution is 2.23. The van der Waals surface area contributed by atoms with Gasteiger partial charge in [-0.3, -0.25) is 14.4 Å². The van der Waals surface area contributed by atoms with Crippen LogP contribution >= 0.6 is 11.8 Å². The van der Waals surface area contributed by atoms with Gasteiger partial charge in [-0.05, 0) is 96.8 Å². The lowest BCUT2D eigenvalue weighted by Crippen LogP contribution is -2.30. The van der Waals surface area contributed by atoms with Gasteiger partial charge in [0.2, 0.25) is 5.91 Å². The number of benzene rings is 5. The summed E-state index contributed by atoms with van der Waals surface area (Å²) >= 11 is 1.40. The quantitative estimate of drug-likeness (QED) is 0.0947. The third-order valence-corrected chi connectivity index (χ3v) is 8.34. The van der Waals surface area contributed by atoms with Gasteiger partial charge in [0.1, 0.15) is 18.1 Å². The van der Waals surface area contributed by atoms with E-state index in [9.17, 15) is 14.4 Å². The molecule has 0 radical (unpaired) electrons. The first-order chi connectivity index (χ1) is 22.8. The van der Waals surface area contributed by atoms with E-state index in [1.165, 1.54) is 11.8 Å². The molecule has 47 heavy (non-hydrogen) atoms. The Morgan fingerprint density at radius 2 is 1.40 bits per heavy atom. The Labute approximate surface area is 279 Å². The molecule has 0 bridgehead atoms. The van der Waals surface area contributed by atoms with Gasteiger partial charge >= 0.3 is 0 Å². The van der Waals surface area contributed by atoms with Crippen molar-refractivity contribution in [1.29, 1.82) is 0 Å². The first-order valence-electron chi connectivity index (χ1n) is 15.1. The summed E-state index contributed by atoms with van der Waals surface area (Å²) in [6.45, 7) is 4.43. The highest BCUT2D eigenvalue weighted by atomic mass is 32.2. The van der Waals surface area contributed by atoms with Crippen LogP contribution in [0.1, 0.15) is 32.6 Å². The summed E-state index contributed by atoms with van der Waals surface area (Å²) in [4.78, 5) is 39.9. The second-order valence-corrected chi connectivity index (χ2v) is 11.8. The average molecular weight is 642 g/mol. The third-order valence-electron chi connectivity index (χ3n) is 7.33. The molecule has 0 heterocycles. The van der Waals surface area contributed by atoms with E-state index < -0.39 is 11.8 Å². The third kappa shape index (κ3) is 9.69. The van der Waals surface area contributed by atoms with Crippen LogP contribution in [-0.4, -0.2) is 23.5 Å². The van der Waals surface area contributed by atoms with Gasteiger partial charge < -0.3 is 20.7 Å².